The quantitative estimate of drug-likeness (QED) is 0.588. The minimum absolute atomic E-state index is 0.236. The van der Waals surface area contributed by atoms with Crippen LogP contribution in [-0.2, 0) is 17.6 Å². The lowest BCUT2D eigenvalue weighted by atomic mass is 10.0. The van der Waals surface area contributed by atoms with Crippen molar-refractivity contribution in [2.75, 3.05) is 31.0 Å². The van der Waals surface area contributed by atoms with Gasteiger partial charge in [0, 0.05) is 10.4 Å². The second-order valence-electron chi connectivity index (χ2n) is 8.55. The van der Waals surface area contributed by atoms with E-state index in [2.05, 4.69) is 10.3 Å². The van der Waals surface area contributed by atoms with Crippen molar-refractivity contribution >= 4 is 39.9 Å². The summed E-state index contributed by atoms with van der Waals surface area (Å²) >= 11 is 1.48. The number of carbonyl (C=O) groups is 3. The van der Waals surface area contributed by atoms with Gasteiger partial charge in [0.25, 0.3) is 11.8 Å². The molecule has 1 aliphatic carbocycles. The largest absolute Gasteiger partial charge is 0.493 e. The molecule has 0 unspecified atom stereocenters. The van der Waals surface area contributed by atoms with Crippen molar-refractivity contribution in [3.63, 3.8) is 0 Å². The van der Waals surface area contributed by atoms with Crippen molar-refractivity contribution in [2.24, 2.45) is 0 Å². The van der Waals surface area contributed by atoms with Gasteiger partial charge in [0.1, 0.15) is 12.7 Å². The molecule has 178 valence electrons. The van der Waals surface area contributed by atoms with Crippen LogP contribution in [0.1, 0.15) is 49.4 Å². The minimum atomic E-state index is -0.785. The van der Waals surface area contributed by atoms with Crippen molar-refractivity contribution in [3.8, 4) is 11.5 Å². The summed E-state index contributed by atoms with van der Waals surface area (Å²) < 4.78 is 10.9. The Kier molecular flexibility index (Phi) is 4.99. The van der Waals surface area contributed by atoms with E-state index in [4.69, 9.17) is 9.47 Å². The highest BCUT2D eigenvalue weighted by Gasteiger charge is 2.50. The first-order valence-electron chi connectivity index (χ1n) is 11.3. The van der Waals surface area contributed by atoms with Gasteiger partial charge in [-0.3, -0.25) is 19.3 Å². The fourth-order valence-electron chi connectivity index (χ4n) is 5.14. The van der Waals surface area contributed by atoms with Gasteiger partial charge in [-0.15, -0.1) is 11.3 Å². The molecule has 1 atom stereocenters. The maximum Gasteiger partial charge on any atom is 0.264 e. The van der Waals surface area contributed by atoms with Crippen LogP contribution in [0.4, 0.5) is 10.8 Å². The Labute approximate surface area is 205 Å². The number of nitrogens with one attached hydrogen (secondary N) is 1. The summed E-state index contributed by atoms with van der Waals surface area (Å²) in [5, 5.41) is 3.38. The van der Waals surface area contributed by atoms with Crippen LogP contribution in [0.25, 0.3) is 0 Å². The number of amides is 3. The zero-order chi connectivity index (χ0) is 24.3. The van der Waals surface area contributed by atoms with E-state index in [0.29, 0.717) is 39.0 Å². The van der Waals surface area contributed by atoms with Gasteiger partial charge in [0.15, 0.2) is 16.6 Å². The lowest BCUT2D eigenvalue weighted by Gasteiger charge is -2.40. The van der Waals surface area contributed by atoms with Gasteiger partial charge in [-0.25, -0.2) is 4.98 Å². The SMILES string of the molecule is COc1ccc2c(c1OC)C(=O)N1c3ccccc3C(=O)N(CC(=O)Nc3nc4c(s3)CCC4)[C@H]21. The lowest BCUT2D eigenvalue weighted by molar-refractivity contribution is -0.117. The van der Waals surface area contributed by atoms with Gasteiger partial charge in [0.2, 0.25) is 5.91 Å². The molecule has 3 aliphatic rings. The predicted octanol–water partition coefficient (Wildman–Crippen LogP) is 3.40. The number of methoxy groups -OCH3 is 2. The maximum atomic E-state index is 13.7. The smallest absolute Gasteiger partial charge is 0.264 e. The lowest BCUT2D eigenvalue weighted by Crippen LogP contribution is -2.50. The van der Waals surface area contributed by atoms with Crippen LogP contribution in [0, 0.1) is 0 Å². The highest BCUT2D eigenvalue weighted by Crippen LogP contribution is 2.49. The van der Waals surface area contributed by atoms with E-state index < -0.39 is 6.17 Å². The van der Waals surface area contributed by atoms with Crippen molar-refractivity contribution in [3.05, 3.63) is 63.7 Å². The summed E-state index contributed by atoms with van der Waals surface area (Å²) in [5.41, 5.74) is 2.80. The third-order valence-corrected chi connectivity index (χ3v) is 7.71. The molecule has 0 radical (unpaired) electrons. The fraction of sp³-hybridized carbons (Fsp3) is 0.280. The van der Waals surface area contributed by atoms with Crippen LogP contribution in [0.5, 0.6) is 11.5 Å². The first-order chi connectivity index (χ1) is 17.0. The molecule has 1 N–H and O–H groups in total. The summed E-state index contributed by atoms with van der Waals surface area (Å²) in [5.74, 6) is -0.292. The number of hydrogen-bond donors (Lipinski definition) is 1. The molecule has 2 aliphatic heterocycles. The van der Waals surface area contributed by atoms with E-state index in [1.54, 1.807) is 41.3 Å². The summed E-state index contributed by atoms with van der Waals surface area (Å²) in [4.78, 5) is 49.1. The molecule has 3 aromatic rings. The number of fused-ring (bicyclic) bond motifs is 6. The standard InChI is InChI=1S/C25H22N4O5S/c1-33-17-11-10-14-20(21(17)34-2)24(32)29-16-8-4-3-6-13(16)23(31)28(22(14)29)12-19(30)27-25-26-15-7-5-9-18(15)35-25/h3-4,6,8,10-11,22H,5,7,9,12H2,1-2H3,(H,26,27,30)/t22-/m0/s1. The molecule has 9 nitrogen and oxygen atoms in total. The third-order valence-electron chi connectivity index (χ3n) is 6.64. The number of ether oxygens (including phenoxy) is 2. The molecule has 0 bridgehead atoms. The Morgan fingerprint density at radius 1 is 1.11 bits per heavy atom. The molecule has 0 fully saturated rings. The number of thiazole rings is 1. The van der Waals surface area contributed by atoms with E-state index in [1.807, 2.05) is 0 Å². The number of anilines is 2. The van der Waals surface area contributed by atoms with E-state index in [1.165, 1.54) is 35.3 Å². The minimum Gasteiger partial charge on any atom is -0.493 e. The van der Waals surface area contributed by atoms with Gasteiger partial charge in [-0.05, 0) is 37.5 Å². The summed E-state index contributed by atoms with van der Waals surface area (Å²) in [6, 6.07) is 10.4. The van der Waals surface area contributed by atoms with Gasteiger partial charge in [-0.2, -0.15) is 0 Å². The number of nitrogens with zero attached hydrogens (tertiary/aromatic N) is 3. The van der Waals surface area contributed by atoms with Crippen LogP contribution in [0.3, 0.4) is 0 Å². The number of carbonyl (C=O) groups excluding carboxylic acids is 3. The zero-order valence-electron chi connectivity index (χ0n) is 19.2. The Balaban J connectivity index is 1.40. The van der Waals surface area contributed by atoms with Gasteiger partial charge in [0.05, 0.1) is 36.7 Å². The predicted molar refractivity (Wildman–Crippen MR) is 129 cm³/mol. The first kappa shape index (κ1) is 21.6. The topological polar surface area (TPSA) is 101 Å². The highest BCUT2D eigenvalue weighted by molar-refractivity contribution is 7.15. The molecule has 2 aromatic carbocycles. The maximum absolute atomic E-state index is 13.7. The molecule has 0 spiro atoms. The molecular formula is C25H22N4O5S. The molecule has 10 heteroatoms. The van der Waals surface area contributed by atoms with E-state index >= 15 is 0 Å². The second kappa shape index (κ2) is 8.09. The van der Waals surface area contributed by atoms with Crippen molar-refractivity contribution in [1.82, 2.24) is 9.88 Å². The molecule has 3 amide bonds. The Hall–Kier alpha value is -3.92. The fourth-order valence-corrected chi connectivity index (χ4v) is 6.21. The van der Waals surface area contributed by atoms with Gasteiger partial charge in [-0.1, -0.05) is 18.2 Å². The Bertz CT molecular complexity index is 1380. The van der Waals surface area contributed by atoms with Crippen molar-refractivity contribution in [1.29, 1.82) is 0 Å². The summed E-state index contributed by atoms with van der Waals surface area (Å²) in [7, 11) is 2.97. The Morgan fingerprint density at radius 2 is 1.94 bits per heavy atom. The molecule has 0 saturated carbocycles. The average Bonchev–Trinajstić information content (AvgIpc) is 3.53. The molecular weight excluding hydrogens is 468 g/mol. The molecule has 0 saturated heterocycles. The number of hydrogen-bond acceptors (Lipinski definition) is 7. The Morgan fingerprint density at radius 3 is 2.71 bits per heavy atom. The van der Waals surface area contributed by atoms with Crippen molar-refractivity contribution < 1.29 is 23.9 Å². The molecule has 6 rings (SSSR count). The number of aryl methyl sites for hydroxylation is 2. The van der Waals surface area contributed by atoms with E-state index in [9.17, 15) is 14.4 Å². The van der Waals surface area contributed by atoms with Crippen LogP contribution in [0.2, 0.25) is 0 Å². The number of benzene rings is 2. The first-order valence-corrected chi connectivity index (χ1v) is 12.1. The molecule has 35 heavy (non-hydrogen) atoms. The normalized spacial score (nSPS) is 17.6. The highest BCUT2D eigenvalue weighted by atomic mass is 32.1. The zero-order valence-corrected chi connectivity index (χ0v) is 20.0. The van der Waals surface area contributed by atoms with Crippen LogP contribution >= 0.6 is 11.3 Å². The summed E-state index contributed by atoms with van der Waals surface area (Å²) in [6.45, 7) is -0.236. The van der Waals surface area contributed by atoms with Crippen LogP contribution in [0.15, 0.2) is 36.4 Å². The second-order valence-corrected chi connectivity index (χ2v) is 9.64. The van der Waals surface area contributed by atoms with Gasteiger partial charge >= 0.3 is 0 Å². The van der Waals surface area contributed by atoms with E-state index in [0.717, 1.165) is 25.0 Å². The van der Waals surface area contributed by atoms with Crippen LogP contribution in [-0.4, -0.2) is 48.4 Å². The van der Waals surface area contributed by atoms with Crippen LogP contribution < -0.4 is 19.7 Å². The number of aromatic nitrogens is 1. The summed E-state index contributed by atoms with van der Waals surface area (Å²) in [6.07, 6.45) is 2.20. The monoisotopic (exact) mass is 490 g/mol. The average molecular weight is 491 g/mol. The number of para-hydroxylation sites is 1. The van der Waals surface area contributed by atoms with Gasteiger partial charge < -0.3 is 19.7 Å². The van der Waals surface area contributed by atoms with E-state index in [-0.39, 0.29) is 24.3 Å². The number of rotatable bonds is 5. The molecule has 3 heterocycles. The third kappa shape index (κ3) is 3.20. The molecule has 1 aromatic heterocycles. The van der Waals surface area contributed by atoms with Crippen molar-refractivity contribution in [2.45, 2.75) is 25.4 Å².